The van der Waals surface area contributed by atoms with E-state index < -0.39 is 0 Å². The third-order valence-corrected chi connectivity index (χ3v) is 3.02. The quantitative estimate of drug-likeness (QED) is 0.739. The molecule has 0 amide bonds. The Morgan fingerprint density at radius 1 is 1.50 bits per heavy atom. The van der Waals surface area contributed by atoms with Crippen molar-refractivity contribution >= 4 is 0 Å². The Labute approximate surface area is 97.0 Å². The molecule has 0 aromatic carbocycles. The molecule has 0 spiro atoms. The number of nitrogens with one attached hydrogen (secondary N) is 1. The molecule has 1 aliphatic heterocycles. The fourth-order valence-electron chi connectivity index (χ4n) is 2.08. The van der Waals surface area contributed by atoms with E-state index in [4.69, 9.17) is 4.74 Å². The van der Waals surface area contributed by atoms with Gasteiger partial charge in [0.1, 0.15) is 0 Å². The van der Waals surface area contributed by atoms with Gasteiger partial charge in [0.05, 0.1) is 12.9 Å². The summed E-state index contributed by atoms with van der Waals surface area (Å²) in [4.78, 5) is 4.02. The molecule has 1 unspecified atom stereocenters. The molecular weight excluding hydrogens is 202 g/mol. The zero-order valence-corrected chi connectivity index (χ0v) is 9.77. The fraction of sp³-hybridized carbons (Fsp3) is 0.750. The summed E-state index contributed by atoms with van der Waals surface area (Å²) in [6.45, 7) is 5.12. The molecule has 4 heteroatoms. The Morgan fingerprint density at radius 3 is 3.25 bits per heavy atom. The maximum atomic E-state index is 5.45. The van der Waals surface area contributed by atoms with Gasteiger partial charge in [-0.1, -0.05) is 0 Å². The van der Waals surface area contributed by atoms with Gasteiger partial charge in [0.2, 0.25) is 0 Å². The lowest BCUT2D eigenvalue weighted by atomic mass is 10.0. The van der Waals surface area contributed by atoms with Crippen LogP contribution in [0.1, 0.15) is 19.3 Å². The van der Waals surface area contributed by atoms with E-state index in [0.29, 0.717) is 0 Å². The van der Waals surface area contributed by atoms with Crippen LogP contribution in [-0.4, -0.2) is 35.9 Å². The monoisotopic (exact) mass is 223 g/mol. The molecule has 90 valence electrons. The average molecular weight is 223 g/mol. The normalized spacial score (nSPS) is 21.1. The Balaban J connectivity index is 1.48. The van der Waals surface area contributed by atoms with E-state index in [-0.39, 0.29) is 0 Å². The van der Waals surface area contributed by atoms with Crippen LogP contribution < -0.4 is 5.32 Å². The van der Waals surface area contributed by atoms with Crippen LogP contribution in [0.2, 0.25) is 0 Å². The molecule has 1 fully saturated rings. The number of aromatic nitrogens is 2. The van der Waals surface area contributed by atoms with Crippen LogP contribution in [0.25, 0.3) is 0 Å². The summed E-state index contributed by atoms with van der Waals surface area (Å²) in [6.07, 6.45) is 9.40. The highest BCUT2D eigenvalue weighted by Crippen LogP contribution is 2.11. The summed E-state index contributed by atoms with van der Waals surface area (Å²) in [7, 11) is 0. The summed E-state index contributed by atoms with van der Waals surface area (Å²) in [5, 5.41) is 3.50. The second-order valence-corrected chi connectivity index (χ2v) is 4.44. The van der Waals surface area contributed by atoms with Crippen LogP contribution in [0.15, 0.2) is 18.7 Å². The van der Waals surface area contributed by atoms with Gasteiger partial charge in [0.25, 0.3) is 0 Å². The highest BCUT2D eigenvalue weighted by atomic mass is 16.5. The summed E-state index contributed by atoms with van der Waals surface area (Å²) in [6, 6.07) is 0. The first kappa shape index (κ1) is 11.6. The van der Waals surface area contributed by atoms with Gasteiger partial charge in [-0.05, 0) is 31.7 Å². The number of hydrogen-bond acceptors (Lipinski definition) is 3. The first-order valence-electron chi connectivity index (χ1n) is 6.19. The molecular formula is C12H21N3O. The minimum Gasteiger partial charge on any atom is -0.381 e. The Hall–Kier alpha value is -0.870. The van der Waals surface area contributed by atoms with Crippen molar-refractivity contribution in [2.24, 2.45) is 5.92 Å². The minimum atomic E-state index is 0.724. The van der Waals surface area contributed by atoms with E-state index in [9.17, 15) is 0 Å². The van der Waals surface area contributed by atoms with Crippen LogP contribution in [0.3, 0.4) is 0 Å². The van der Waals surface area contributed by atoms with E-state index in [0.717, 1.165) is 45.2 Å². The van der Waals surface area contributed by atoms with Crippen LogP contribution in [0.4, 0.5) is 0 Å². The number of aryl methyl sites for hydroxylation is 1. The van der Waals surface area contributed by atoms with Crippen molar-refractivity contribution in [2.75, 3.05) is 26.3 Å². The van der Waals surface area contributed by atoms with Crippen molar-refractivity contribution in [3.63, 3.8) is 0 Å². The molecule has 1 aromatic heterocycles. The molecule has 1 aromatic rings. The third-order valence-electron chi connectivity index (χ3n) is 3.02. The molecule has 4 nitrogen and oxygen atoms in total. The van der Waals surface area contributed by atoms with Crippen molar-refractivity contribution < 1.29 is 4.74 Å². The van der Waals surface area contributed by atoms with Gasteiger partial charge in [-0.15, -0.1) is 0 Å². The molecule has 16 heavy (non-hydrogen) atoms. The van der Waals surface area contributed by atoms with Gasteiger partial charge >= 0.3 is 0 Å². The first-order valence-corrected chi connectivity index (χ1v) is 6.19. The van der Waals surface area contributed by atoms with E-state index >= 15 is 0 Å². The lowest BCUT2D eigenvalue weighted by molar-refractivity contribution is 0.0549. The Morgan fingerprint density at radius 2 is 2.50 bits per heavy atom. The number of imidazole rings is 1. The van der Waals surface area contributed by atoms with Crippen molar-refractivity contribution in [1.82, 2.24) is 14.9 Å². The molecule has 0 radical (unpaired) electrons. The number of nitrogens with zero attached hydrogens (tertiary/aromatic N) is 2. The molecule has 1 atom stereocenters. The third kappa shape index (κ3) is 3.94. The van der Waals surface area contributed by atoms with E-state index in [2.05, 4.69) is 14.9 Å². The predicted molar refractivity (Wildman–Crippen MR) is 63.3 cm³/mol. The molecule has 2 heterocycles. The number of ether oxygens (including phenoxy) is 1. The van der Waals surface area contributed by atoms with Gasteiger partial charge in [0.15, 0.2) is 0 Å². The van der Waals surface area contributed by atoms with Crippen LogP contribution >= 0.6 is 0 Å². The minimum absolute atomic E-state index is 0.724. The van der Waals surface area contributed by atoms with Crippen molar-refractivity contribution in [1.29, 1.82) is 0 Å². The molecule has 1 aliphatic rings. The molecule has 1 saturated heterocycles. The van der Waals surface area contributed by atoms with Crippen LogP contribution in [0.5, 0.6) is 0 Å². The summed E-state index contributed by atoms with van der Waals surface area (Å²) < 4.78 is 7.56. The van der Waals surface area contributed by atoms with Gasteiger partial charge < -0.3 is 14.6 Å². The highest BCUT2D eigenvalue weighted by Gasteiger charge is 2.12. The van der Waals surface area contributed by atoms with Gasteiger partial charge in [-0.3, -0.25) is 0 Å². The van der Waals surface area contributed by atoms with E-state index in [1.54, 1.807) is 0 Å². The van der Waals surface area contributed by atoms with E-state index in [1.165, 1.54) is 12.8 Å². The van der Waals surface area contributed by atoms with Gasteiger partial charge in [-0.2, -0.15) is 0 Å². The lowest BCUT2D eigenvalue weighted by Crippen LogP contribution is -2.30. The molecule has 0 saturated carbocycles. The molecule has 0 bridgehead atoms. The maximum absolute atomic E-state index is 5.45. The Bertz CT molecular complexity index is 268. The van der Waals surface area contributed by atoms with Crippen molar-refractivity contribution in [3.05, 3.63) is 18.7 Å². The van der Waals surface area contributed by atoms with Gasteiger partial charge in [0, 0.05) is 32.1 Å². The van der Waals surface area contributed by atoms with Crippen LogP contribution in [-0.2, 0) is 11.3 Å². The molecule has 2 rings (SSSR count). The molecule has 1 N–H and O–H groups in total. The SMILES string of the molecule is c1cn(CCCNCC2CCCOC2)cn1. The first-order chi connectivity index (χ1) is 7.95. The van der Waals surface area contributed by atoms with Gasteiger partial charge in [-0.25, -0.2) is 4.98 Å². The van der Waals surface area contributed by atoms with Crippen LogP contribution in [0, 0.1) is 5.92 Å². The topological polar surface area (TPSA) is 39.1 Å². The van der Waals surface area contributed by atoms with Crippen molar-refractivity contribution in [2.45, 2.75) is 25.8 Å². The highest BCUT2D eigenvalue weighted by molar-refractivity contribution is 4.74. The summed E-state index contributed by atoms with van der Waals surface area (Å²) in [5.41, 5.74) is 0. The fourth-order valence-corrected chi connectivity index (χ4v) is 2.08. The smallest absolute Gasteiger partial charge is 0.0945 e. The predicted octanol–water partition coefficient (Wildman–Crippen LogP) is 1.29. The Kier molecular flexibility index (Phi) is 4.83. The number of hydrogen-bond donors (Lipinski definition) is 1. The standard InChI is InChI=1S/C12H21N3O/c1-3-12(10-16-8-1)9-13-4-2-6-15-7-5-14-11-15/h5,7,11-13H,1-4,6,8-10H2. The average Bonchev–Trinajstić information content (AvgIpc) is 2.83. The zero-order valence-electron chi connectivity index (χ0n) is 9.77. The summed E-state index contributed by atoms with van der Waals surface area (Å²) >= 11 is 0. The maximum Gasteiger partial charge on any atom is 0.0945 e. The lowest BCUT2D eigenvalue weighted by Gasteiger charge is -2.22. The summed E-state index contributed by atoms with van der Waals surface area (Å²) in [5.74, 6) is 0.724. The number of rotatable bonds is 6. The molecule has 0 aliphatic carbocycles. The zero-order chi connectivity index (χ0) is 11.1. The van der Waals surface area contributed by atoms with E-state index in [1.807, 2.05) is 18.7 Å². The largest absolute Gasteiger partial charge is 0.381 e. The van der Waals surface area contributed by atoms with Crippen molar-refractivity contribution in [3.8, 4) is 0 Å². The second kappa shape index (κ2) is 6.66. The second-order valence-electron chi connectivity index (χ2n) is 4.44.